The van der Waals surface area contributed by atoms with Crippen LogP contribution >= 0.6 is 11.6 Å². The van der Waals surface area contributed by atoms with E-state index in [1.54, 1.807) is 18.2 Å². The Labute approximate surface area is 152 Å². The normalized spacial score (nSPS) is 12.0. The number of H-pyrrole nitrogens is 1. The molecule has 5 heteroatoms. The highest BCUT2D eigenvalue weighted by Crippen LogP contribution is 2.21. The zero-order chi connectivity index (χ0) is 17.8. The van der Waals surface area contributed by atoms with Crippen LogP contribution in [0.2, 0.25) is 5.02 Å². The molecule has 2 N–H and O–H groups in total. The lowest BCUT2D eigenvalue weighted by atomic mass is 10.0. The first-order chi connectivity index (χ1) is 12.1. The van der Waals surface area contributed by atoms with Crippen LogP contribution in [0.3, 0.4) is 0 Å². The minimum atomic E-state index is -0.167. The number of halogens is 1. The molecule has 0 radical (unpaired) electrons. The van der Waals surface area contributed by atoms with Gasteiger partial charge in [0.05, 0.1) is 11.7 Å². The van der Waals surface area contributed by atoms with Gasteiger partial charge in [-0.1, -0.05) is 60.5 Å². The van der Waals surface area contributed by atoms with Gasteiger partial charge in [0, 0.05) is 10.6 Å². The molecule has 3 rings (SSSR count). The molecule has 0 spiro atoms. The first-order valence-electron chi connectivity index (χ1n) is 8.25. The fraction of sp³-hybridized carbons (Fsp3) is 0.200. The molecule has 0 saturated carbocycles. The van der Waals surface area contributed by atoms with Gasteiger partial charge in [-0.25, -0.2) is 0 Å². The van der Waals surface area contributed by atoms with Crippen LogP contribution in [0.1, 0.15) is 41.0 Å². The van der Waals surface area contributed by atoms with Crippen molar-refractivity contribution < 1.29 is 4.79 Å². The maximum Gasteiger partial charge on any atom is 0.269 e. The lowest BCUT2D eigenvalue weighted by molar-refractivity contribution is 0.0930. The predicted octanol–water partition coefficient (Wildman–Crippen LogP) is 4.92. The molecule has 25 heavy (non-hydrogen) atoms. The van der Waals surface area contributed by atoms with Crippen molar-refractivity contribution >= 4 is 17.5 Å². The number of hydrogen-bond acceptors (Lipinski definition) is 2. The Balaban J connectivity index is 1.74. The Bertz CT molecular complexity index is 853. The summed E-state index contributed by atoms with van der Waals surface area (Å²) >= 11 is 5.90. The van der Waals surface area contributed by atoms with E-state index in [4.69, 9.17) is 11.6 Å². The molecular formula is C20H20ClN3O. The third-order valence-corrected chi connectivity index (χ3v) is 4.41. The quantitative estimate of drug-likeness (QED) is 0.684. The number of carbonyl (C=O) groups excluding carboxylic acids is 1. The number of benzene rings is 2. The van der Waals surface area contributed by atoms with Crippen LogP contribution in [0.25, 0.3) is 11.3 Å². The zero-order valence-corrected chi connectivity index (χ0v) is 15.0. The molecule has 1 unspecified atom stereocenters. The van der Waals surface area contributed by atoms with Gasteiger partial charge in [0.2, 0.25) is 0 Å². The first kappa shape index (κ1) is 17.2. The predicted molar refractivity (Wildman–Crippen MR) is 101 cm³/mol. The van der Waals surface area contributed by atoms with Gasteiger partial charge in [0.1, 0.15) is 5.69 Å². The van der Waals surface area contributed by atoms with Crippen molar-refractivity contribution in [1.82, 2.24) is 15.5 Å². The van der Waals surface area contributed by atoms with Gasteiger partial charge >= 0.3 is 0 Å². The Morgan fingerprint density at radius 3 is 2.48 bits per heavy atom. The maximum absolute atomic E-state index is 12.5. The number of carbonyl (C=O) groups is 1. The van der Waals surface area contributed by atoms with Gasteiger partial charge in [-0.05, 0) is 37.1 Å². The van der Waals surface area contributed by atoms with Crippen LogP contribution in [0, 0.1) is 6.92 Å². The summed E-state index contributed by atoms with van der Waals surface area (Å²) in [5.74, 6) is -0.167. The molecule has 0 aliphatic carbocycles. The molecule has 128 valence electrons. The summed E-state index contributed by atoms with van der Waals surface area (Å²) in [4.78, 5) is 12.5. The molecule has 1 aromatic heterocycles. The highest BCUT2D eigenvalue weighted by molar-refractivity contribution is 6.30. The van der Waals surface area contributed by atoms with E-state index in [1.165, 1.54) is 5.56 Å². The summed E-state index contributed by atoms with van der Waals surface area (Å²) in [6.45, 7) is 4.10. The van der Waals surface area contributed by atoms with Crippen molar-refractivity contribution in [2.24, 2.45) is 0 Å². The highest BCUT2D eigenvalue weighted by Gasteiger charge is 2.16. The second kappa shape index (κ2) is 7.53. The number of nitrogens with zero attached hydrogens (tertiary/aromatic N) is 1. The number of aromatic nitrogens is 2. The molecule has 0 aliphatic rings. The van der Waals surface area contributed by atoms with Gasteiger partial charge in [0.15, 0.2) is 0 Å². The van der Waals surface area contributed by atoms with Crippen LogP contribution < -0.4 is 5.32 Å². The molecule has 0 aliphatic heterocycles. The largest absolute Gasteiger partial charge is 0.344 e. The van der Waals surface area contributed by atoms with Crippen molar-refractivity contribution in [3.05, 3.63) is 76.4 Å². The lowest BCUT2D eigenvalue weighted by Crippen LogP contribution is -2.28. The SMILES string of the molecule is CCC(NC(=O)c1cc(-c2ccc(Cl)cc2)n[nH]1)c1ccc(C)cc1. The van der Waals surface area contributed by atoms with E-state index in [0.29, 0.717) is 16.4 Å². The van der Waals surface area contributed by atoms with Gasteiger partial charge in [-0.3, -0.25) is 9.89 Å². The van der Waals surface area contributed by atoms with E-state index in [-0.39, 0.29) is 11.9 Å². The standard InChI is InChI=1S/C20H20ClN3O/c1-3-17(14-6-4-13(2)5-7-14)22-20(25)19-12-18(23-24-19)15-8-10-16(21)11-9-15/h4-12,17H,3H2,1-2H3,(H,22,25)(H,23,24). The van der Waals surface area contributed by atoms with Crippen LogP contribution in [0.4, 0.5) is 0 Å². The van der Waals surface area contributed by atoms with E-state index in [1.807, 2.05) is 19.1 Å². The van der Waals surface area contributed by atoms with Crippen LogP contribution in [-0.2, 0) is 0 Å². The van der Waals surface area contributed by atoms with Crippen LogP contribution in [-0.4, -0.2) is 16.1 Å². The third kappa shape index (κ3) is 4.09. The summed E-state index contributed by atoms with van der Waals surface area (Å²) in [7, 11) is 0. The Kier molecular flexibility index (Phi) is 5.19. The first-order valence-corrected chi connectivity index (χ1v) is 8.63. The van der Waals surface area contributed by atoms with Crippen LogP contribution in [0.15, 0.2) is 54.6 Å². The van der Waals surface area contributed by atoms with Crippen molar-refractivity contribution in [1.29, 1.82) is 0 Å². The third-order valence-electron chi connectivity index (χ3n) is 4.16. The summed E-state index contributed by atoms with van der Waals surface area (Å²) in [5.41, 5.74) is 4.36. The number of amides is 1. The number of aromatic amines is 1. The molecule has 0 bridgehead atoms. The lowest BCUT2D eigenvalue weighted by Gasteiger charge is -2.17. The van der Waals surface area contributed by atoms with E-state index in [2.05, 4.69) is 46.7 Å². The smallest absolute Gasteiger partial charge is 0.269 e. The number of aryl methyl sites for hydroxylation is 1. The monoisotopic (exact) mass is 353 g/mol. The Morgan fingerprint density at radius 2 is 1.84 bits per heavy atom. The zero-order valence-electron chi connectivity index (χ0n) is 14.2. The van der Waals surface area contributed by atoms with Crippen molar-refractivity contribution in [3.63, 3.8) is 0 Å². The molecule has 4 nitrogen and oxygen atoms in total. The molecule has 1 amide bonds. The minimum Gasteiger partial charge on any atom is -0.344 e. The van der Waals surface area contributed by atoms with Gasteiger partial charge < -0.3 is 5.32 Å². The van der Waals surface area contributed by atoms with E-state index in [9.17, 15) is 4.79 Å². The topological polar surface area (TPSA) is 57.8 Å². The molecule has 0 saturated heterocycles. The van der Waals surface area contributed by atoms with Gasteiger partial charge in [-0.2, -0.15) is 5.10 Å². The molecule has 2 aromatic carbocycles. The molecule has 1 atom stereocenters. The fourth-order valence-corrected chi connectivity index (χ4v) is 2.79. The number of rotatable bonds is 5. The minimum absolute atomic E-state index is 0.0321. The second-order valence-electron chi connectivity index (χ2n) is 6.02. The summed E-state index contributed by atoms with van der Waals surface area (Å²) < 4.78 is 0. The summed E-state index contributed by atoms with van der Waals surface area (Å²) in [5, 5.41) is 10.8. The van der Waals surface area contributed by atoms with E-state index < -0.39 is 0 Å². The van der Waals surface area contributed by atoms with E-state index >= 15 is 0 Å². The molecular weight excluding hydrogens is 334 g/mol. The average molecular weight is 354 g/mol. The fourth-order valence-electron chi connectivity index (χ4n) is 2.66. The Hall–Kier alpha value is -2.59. The molecule has 0 fully saturated rings. The van der Waals surface area contributed by atoms with E-state index in [0.717, 1.165) is 17.5 Å². The second-order valence-corrected chi connectivity index (χ2v) is 6.46. The summed E-state index contributed by atoms with van der Waals surface area (Å²) in [6.07, 6.45) is 0.812. The van der Waals surface area contributed by atoms with Crippen molar-refractivity contribution in [2.75, 3.05) is 0 Å². The van der Waals surface area contributed by atoms with Gasteiger partial charge in [0.25, 0.3) is 5.91 Å². The summed E-state index contributed by atoms with van der Waals surface area (Å²) in [6, 6.07) is 17.3. The highest BCUT2D eigenvalue weighted by atomic mass is 35.5. The maximum atomic E-state index is 12.5. The number of hydrogen-bond donors (Lipinski definition) is 2. The number of nitrogens with one attached hydrogen (secondary N) is 2. The molecule has 1 heterocycles. The molecule has 3 aromatic rings. The van der Waals surface area contributed by atoms with Gasteiger partial charge in [-0.15, -0.1) is 0 Å². The Morgan fingerprint density at radius 1 is 1.16 bits per heavy atom. The van der Waals surface area contributed by atoms with Crippen molar-refractivity contribution in [3.8, 4) is 11.3 Å². The van der Waals surface area contributed by atoms with Crippen LogP contribution in [0.5, 0.6) is 0 Å². The average Bonchev–Trinajstić information content (AvgIpc) is 3.11. The van der Waals surface area contributed by atoms with Crippen molar-refractivity contribution in [2.45, 2.75) is 26.3 Å².